The van der Waals surface area contributed by atoms with Crippen molar-refractivity contribution in [2.45, 2.75) is 26.7 Å². The molecule has 1 atom stereocenters. The molecule has 0 aliphatic rings. The molecule has 0 saturated carbocycles. The molecule has 0 saturated heterocycles. The number of hydrogen-bond donors (Lipinski definition) is 1. The summed E-state index contributed by atoms with van der Waals surface area (Å²) in [5, 5.41) is 7.76. The van der Waals surface area contributed by atoms with E-state index in [1.165, 1.54) is 19.9 Å². The molecule has 1 N–H and O–H groups in total. The Balaban J connectivity index is 2.00. The zero-order chi connectivity index (χ0) is 20.0. The molecule has 0 amide bonds. The maximum Gasteiger partial charge on any atom is 0.475 e. The number of nitrogens with zero attached hydrogens (tertiary/aromatic N) is 1. The lowest BCUT2D eigenvalue weighted by Crippen LogP contribution is -2.33. The van der Waals surface area contributed by atoms with Gasteiger partial charge in [0.1, 0.15) is 16.1 Å². The number of hydrogen-bond acceptors (Lipinski definition) is 4. The molecular formula is C20H23FNO5+. The number of carbonyl (C=O) groups is 1. The average molecular weight is 376 g/mol. The Kier molecular flexibility index (Phi) is 6.50. The third-order valence-corrected chi connectivity index (χ3v) is 4.20. The normalized spacial score (nSPS) is 12.3. The van der Waals surface area contributed by atoms with Gasteiger partial charge in [-0.15, -0.1) is 0 Å². The number of carbonyl (C=O) groups excluding carboxylic acids is 1. The smallest absolute Gasteiger partial charge is 0.465 e. The van der Waals surface area contributed by atoms with E-state index in [4.69, 9.17) is 9.94 Å². The van der Waals surface area contributed by atoms with E-state index in [1.54, 1.807) is 12.1 Å². The summed E-state index contributed by atoms with van der Waals surface area (Å²) in [6.45, 7) is 4.59. The van der Waals surface area contributed by atoms with Crippen LogP contribution in [0.25, 0.3) is 11.1 Å². The fourth-order valence-electron chi connectivity index (χ4n) is 2.46. The molecule has 0 bridgehead atoms. The summed E-state index contributed by atoms with van der Waals surface area (Å²) < 4.78 is 19.7. The van der Waals surface area contributed by atoms with Gasteiger partial charge in [0, 0.05) is 11.5 Å². The SMILES string of the molecule is CC(COC(=O)C(C)(C)CO[N+](=O)O)c1ccc(-c2ccccc2)c(F)c1. The zero-order valence-electron chi connectivity index (χ0n) is 15.5. The predicted molar refractivity (Wildman–Crippen MR) is 96.4 cm³/mol. The Morgan fingerprint density at radius 1 is 1.22 bits per heavy atom. The van der Waals surface area contributed by atoms with Gasteiger partial charge in [0.2, 0.25) is 0 Å². The standard InChI is InChI=1S/C20H23FNO5/c1-14(12-26-19(23)20(2,3)13-27-22(24)25)16-9-10-17(18(21)11-16)15-7-5-4-6-8-15/h4-11,14H,12-13H2,1-3H3,(H,24,25)/q+1. The van der Waals surface area contributed by atoms with Crippen LogP contribution >= 0.6 is 0 Å². The number of rotatable bonds is 8. The number of esters is 1. The molecule has 27 heavy (non-hydrogen) atoms. The second kappa shape index (κ2) is 8.62. The molecule has 0 fully saturated rings. The highest BCUT2D eigenvalue weighted by Gasteiger charge is 2.34. The molecule has 2 aromatic rings. The Hall–Kier alpha value is -2.96. The maximum atomic E-state index is 14.5. The van der Waals surface area contributed by atoms with E-state index in [-0.39, 0.29) is 24.9 Å². The van der Waals surface area contributed by atoms with E-state index in [2.05, 4.69) is 4.84 Å². The van der Waals surface area contributed by atoms with Gasteiger partial charge in [-0.05, 0) is 31.0 Å². The lowest BCUT2D eigenvalue weighted by atomic mass is 9.95. The van der Waals surface area contributed by atoms with Gasteiger partial charge in [0.25, 0.3) is 0 Å². The van der Waals surface area contributed by atoms with Crippen molar-refractivity contribution in [2.24, 2.45) is 5.41 Å². The zero-order valence-corrected chi connectivity index (χ0v) is 15.5. The van der Waals surface area contributed by atoms with Crippen LogP contribution in [0.1, 0.15) is 32.3 Å². The van der Waals surface area contributed by atoms with E-state index in [1.807, 2.05) is 37.3 Å². The summed E-state index contributed by atoms with van der Waals surface area (Å²) in [5.41, 5.74) is 0.884. The monoisotopic (exact) mass is 376 g/mol. The van der Waals surface area contributed by atoms with Gasteiger partial charge >= 0.3 is 11.1 Å². The summed E-state index contributed by atoms with van der Waals surface area (Å²) >= 11 is 0. The van der Waals surface area contributed by atoms with E-state index < -0.39 is 16.5 Å². The van der Waals surface area contributed by atoms with Crippen molar-refractivity contribution in [2.75, 3.05) is 13.2 Å². The van der Waals surface area contributed by atoms with E-state index in [9.17, 15) is 14.1 Å². The van der Waals surface area contributed by atoms with Crippen molar-refractivity contribution >= 4 is 5.97 Å². The fourth-order valence-corrected chi connectivity index (χ4v) is 2.46. The molecule has 1 unspecified atom stereocenters. The highest BCUT2D eigenvalue weighted by Crippen LogP contribution is 2.27. The molecule has 7 heteroatoms. The Labute approximate surface area is 157 Å². The van der Waals surface area contributed by atoms with Crippen molar-refractivity contribution < 1.29 is 29.1 Å². The van der Waals surface area contributed by atoms with Crippen LogP contribution in [-0.2, 0) is 14.4 Å². The summed E-state index contributed by atoms with van der Waals surface area (Å²) in [6, 6.07) is 14.2. The third-order valence-electron chi connectivity index (χ3n) is 4.20. The van der Waals surface area contributed by atoms with E-state index in [0.717, 1.165) is 5.56 Å². The van der Waals surface area contributed by atoms with E-state index >= 15 is 0 Å². The van der Waals surface area contributed by atoms with E-state index in [0.29, 0.717) is 11.1 Å². The van der Waals surface area contributed by atoms with Gasteiger partial charge in [-0.3, -0.25) is 4.79 Å². The summed E-state index contributed by atoms with van der Waals surface area (Å²) in [7, 11) is 0. The van der Waals surface area contributed by atoms with Crippen LogP contribution in [0.5, 0.6) is 0 Å². The number of halogens is 1. The summed E-state index contributed by atoms with van der Waals surface area (Å²) in [5.74, 6) is -1.15. The van der Waals surface area contributed by atoms with Gasteiger partial charge in [0.15, 0.2) is 6.61 Å². The minimum atomic E-state index is -1.12. The van der Waals surface area contributed by atoms with Crippen LogP contribution in [0.15, 0.2) is 48.5 Å². The van der Waals surface area contributed by atoms with Crippen molar-refractivity contribution in [3.05, 3.63) is 64.8 Å². The van der Waals surface area contributed by atoms with Gasteiger partial charge in [0.05, 0.1) is 6.61 Å². The van der Waals surface area contributed by atoms with Crippen molar-refractivity contribution in [1.82, 2.24) is 0 Å². The van der Waals surface area contributed by atoms with Crippen LogP contribution in [0.2, 0.25) is 0 Å². The topological polar surface area (TPSA) is 75.8 Å². The Morgan fingerprint density at radius 2 is 1.89 bits per heavy atom. The minimum Gasteiger partial charge on any atom is -0.465 e. The molecule has 0 aliphatic heterocycles. The molecule has 0 radical (unpaired) electrons. The Morgan fingerprint density at radius 3 is 2.48 bits per heavy atom. The first-order chi connectivity index (χ1) is 12.7. The number of benzene rings is 2. The molecule has 2 rings (SSSR count). The molecule has 2 aromatic carbocycles. The maximum absolute atomic E-state index is 14.5. The summed E-state index contributed by atoms with van der Waals surface area (Å²) in [6.07, 6.45) is 0. The van der Waals surface area contributed by atoms with Crippen LogP contribution in [0.4, 0.5) is 4.39 Å². The molecule has 0 spiro atoms. The molecule has 0 heterocycles. The van der Waals surface area contributed by atoms with Gasteiger partial charge in [-0.25, -0.2) is 9.60 Å². The van der Waals surface area contributed by atoms with Gasteiger partial charge in [-0.1, -0.05) is 49.4 Å². The molecule has 0 aromatic heterocycles. The van der Waals surface area contributed by atoms with Crippen LogP contribution in [-0.4, -0.2) is 29.5 Å². The molecule has 6 nitrogen and oxygen atoms in total. The molecule has 144 valence electrons. The van der Waals surface area contributed by atoms with Gasteiger partial charge < -0.3 is 4.74 Å². The van der Waals surface area contributed by atoms with Crippen LogP contribution in [0.3, 0.4) is 0 Å². The van der Waals surface area contributed by atoms with Gasteiger partial charge in [-0.2, -0.15) is 4.84 Å². The first kappa shape index (κ1) is 20.4. The minimum absolute atomic E-state index is 0.0482. The lowest BCUT2D eigenvalue weighted by Gasteiger charge is -2.21. The second-order valence-corrected chi connectivity index (χ2v) is 7.00. The summed E-state index contributed by atoms with van der Waals surface area (Å²) in [4.78, 5) is 26.9. The first-order valence-electron chi connectivity index (χ1n) is 8.52. The number of ether oxygens (including phenoxy) is 1. The highest BCUT2D eigenvalue weighted by molar-refractivity contribution is 5.76. The largest absolute Gasteiger partial charge is 0.475 e. The van der Waals surface area contributed by atoms with Crippen LogP contribution in [0, 0.1) is 16.1 Å². The predicted octanol–water partition coefficient (Wildman–Crippen LogP) is 4.27. The van der Waals surface area contributed by atoms with Crippen molar-refractivity contribution in [3.63, 3.8) is 0 Å². The first-order valence-corrected chi connectivity index (χ1v) is 8.52. The molecule has 0 aliphatic carbocycles. The lowest BCUT2D eigenvalue weighted by molar-refractivity contribution is -0.976. The van der Waals surface area contributed by atoms with Crippen molar-refractivity contribution in [1.29, 1.82) is 0 Å². The average Bonchev–Trinajstić information content (AvgIpc) is 2.64. The Bertz CT molecular complexity index is 807. The van der Waals surface area contributed by atoms with Crippen LogP contribution < -0.4 is 0 Å². The highest BCUT2D eigenvalue weighted by atomic mass is 19.1. The van der Waals surface area contributed by atoms with Crippen molar-refractivity contribution in [3.8, 4) is 11.1 Å². The fraction of sp³-hybridized carbons (Fsp3) is 0.350. The third kappa shape index (κ3) is 5.51. The second-order valence-electron chi connectivity index (χ2n) is 7.00. The quantitative estimate of drug-likeness (QED) is 0.550. The molecular weight excluding hydrogens is 353 g/mol.